The largest absolute Gasteiger partial charge is 0.504 e. The molecule has 0 aromatic heterocycles. The van der Waals surface area contributed by atoms with Crippen molar-refractivity contribution in [2.24, 2.45) is 5.92 Å². The van der Waals surface area contributed by atoms with E-state index in [0.717, 1.165) is 10.8 Å². The second kappa shape index (κ2) is 7.60. The van der Waals surface area contributed by atoms with Gasteiger partial charge in [0.1, 0.15) is 5.92 Å². The van der Waals surface area contributed by atoms with Crippen LogP contribution in [0.2, 0.25) is 0 Å². The van der Waals surface area contributed by atoms with Crippen LogP contribution in [-0.2, 0) is 14.4 Å². The number of nitrogens with zero attached hydrogens (tertiary/aromatic N) is 2. The van der Waals surface area contributed by atoms with Crippen molar-refractivity contribution in [3.63, 3.8) is 0 Å². The van der Waals surface area contributed by atoms with Gasteiger partial charge in [0.05, 0.1) is 17.4 Å². The Kier molecular flexibility index (Phi) is 4.53. The third-order valence-corrected chi connectivity index (χ3v) is 6.47. The van der Waals surface area contributed by atoms with Crippen LogP contribution in [-0.4, -0.2) is 28.1 Å². The molecule has 2 aliphatic rings. The van der Waals surface area contributed by atoms with Gasteiger partial charge in [0.2, 0.25) is 5.91 Å². The number of anilines is 2. The number of fused-ring (bicyclic) bond motifs is 2. The van der Waals surface area contributed by atoms with Crippen molar-refractivity contribution >= 4 is 34.0 Å². The van der Waals surface area contributed by atoms with Crippen LogP contribution < -0.4 is 9.96 Å². The van der Waals surface area contributed by atoms with Gasteiger partial charge in [-0.25, -0.2) is 9.96 Å². The van der Waals surface area contributed by atoms with Crippen molar-refractivity contribution in [2.75, 3.05) is 9.96 Å². The smallest absolute Gasteiger partial charge is 0.266 e. The Morgan fingerprint density at radius 2 is 1.47 bits per heavy atom. The number of hydrogen-bond acceptors (Lipinski definition) is 6. The molecule has 2 aliphatic heterocycles. The molecule has 7 heteroatoms. The van der Waals surface area contributed by atoms with E-state index in [4.69, 9.17) is 4.84 Å². The van der Waals surface area contributed by atoms with Crippen LogP contribution in [0, 0.1) is 5.92 Å². The highest BCUT2D eigenvalue weighted by Crippen LogP contribution is 2.49. The van der Waals surface area contributed by atoms with Crippen LogP contribution in [0.25, 0.3) is 10.8 Å². The Morgan fingerprint density at radius 3 is 2.26 bits per heavy atom. The van der Waals surface area contributed by atoms with E-state index in [-0.39, 0.29) is 17.4 Å². The zero-order chi connectivity index (χ0) is 23.4. The molecule has 2 N–H and O–H groups in total. The van der Waals surface area contributed by atoms with Gasteiger partial charge in [0.25, 0.3) is 5.91 Å². The van der Waals surface area contributed by atoms with Crippen molar-refractivity contribution in [1.29, 1.82) is 0 Å². The van der Waals surface area contributed by atoms with Crippen molar-refractivity contribution in [3.8, 4) is 11.5 Å². The Bertz CT molecular complexity index is 1430. The molecule has 0 radical (unpaired) electrons. The summed E-state index contributed by atoms with van der Waals surface area (Å²) in [6.45, 7) is 0. The van der Waals surface area contributed by atoms with Crippen molar-refractivity contribution in [3.05, 3.63) is 96.6 Å². The zero-order valence-electron chi connectivity index (χ0n) is 17.9. The van der Waals surface area contributed by atoms with E-state index >= 15 is 0 Å². The first-order chi connectivity index (χ1) is 16.5. The van der Waals surface area contributed by atoms with Gasteiger partial charge in [0.15, 0.2) is 17.6 Å². The second-order valence-electron chi connectivity index (χ2n) is 8.42. The van der Waals surface area contributed by atoms with E-state index in [9.17, 15) is 19.8 Å². The SMILES string of the molecule is O=C1[C@@H]2[C@H](ON(c3ccccc3)[C@@H]2c2ccc(O)c(O)c2)C(=O)N1c1cccc2ccccc12. The van der Waals surface area contributed by atoms with Crippen molar-refractivity contribution in [1.82, 2.24) is 0 Å². The van der Waals surface area contributed by atoms with Gasteiger partial charge < -0.3 is 10.2 Å². The summed E-state index contributed by atoms with van der Waals surface area (Å²) in [4.78, 5) is 34.8. The molecule has 4 aromatic rings. The highest BCUT2D eigenvalue weighted by molar-refractivity contribution is 6.26. The quantitative estimate of drug-likeness (QED) is 0.356. The normalized spacial score (nSPS) is 21.9. The molecule has 6 rings (SSSR count). The minimum Gasteiger partial charge on any atom is -0.504 e. The molecule has 0 aliphatic carbocycles. The average molecular weight is 452 g/mol. The molecule has 7 nitrogen and oxygen atoms in total. The number of rotatable bonds is 3. The molecule has 2 heterocycles. The predicted molar refractivity (Wildman–Crippen MR) is 126 cm³/mol. The van der Waals surface area contributed by atoms with E-state index in [2.05, 4.69) is 0 Å². The molecular formula is C27H20N2O5. The number of hydrogen-bond donors (Lipinski definition) is 2. The molecule has 34 heavy (non-hydrogen) atoms. The Labute approximate surface area is 195 Å². The molecule has 2 fully saturated rings. The number of hydroxylamine groups is 1. The fraction of sp³-hybridized carbons (Fsp3) is 0.111. The van der Waals surface area contributed by atoms with E-state index in [1.807, 2.05) is 66.7 Å². The average Bonchev–Trinajstić information content (AvgIpc) is 3.37. The van der Waals surface area contributed by atoms with E-state index in [1.54, 1.807) is 17.2 Å². The summed E-state index contributed by atoms with van der Waals surface area (Å²) in [6, 6.07) is 26.0. The maximum absolute atomic E-state index is 13.8. The Morgan fingerprint density at radius 1 is 0.735 bits per heavy atom. The molecule has 0 saturated carbocycles. The van der Waals surface area contributed by atoms with Gasteiger partial charge in [-0.2, -0.15) is 0 Å². The first kappa shape index (κ1) is 20.3. The molecule has 0 spiro atoms. The first-order valence-corrected chi connectivity index (χ1v) is 10.9. The molecule has 3 atom stereocenters. The second-order valence-corrected chi connectivity index (χ2v) is 8.42. The number of amides is 2. The van der Waals surface area contributed by atoms with Gasteiger partial charge >= 0.3 is 0 Å². The number of phenols is 2. The van der Waals surface area contributed by atoms with Crippen LogP contribution >= 0.6 is 0 Å². The number of carbonyl (C=O) groups is 2. The van der Waals surface area contributed by atoms with Crippen molar-refractivity contribution in [2.45, 2.75) is 12.1 Å². The highest BCUT2D eigenvalue weighted by Gasteiger charge is 2.60. The summed E-state index contributed by atoms with van der Waals surface area (Å²) in [6.07, 6.45) is -1.02. The Hall–Kier alpha value is -4.36. The Balaban J connectivity index is 1.48. The van der Waals surface area contributed by atoms with Gasteiger partial charge in [-0.1, -0.05) is 60.7 Å². The van der Waals surface area contributed by atoms with Crippen LogP contribution in [0.1, 0.15) is 11.6 Å². The van der Waals surface area contributed by atoms with Crippen molar-refractivity contribution < 1.29 is 24.6 Å². The number of carbonyl (C=O) groups excluding carboxylic acids is 2. The fourth-order valence-electron chi connectivity index (χ4n) is 4.92. The maximum atomic E-state index is 13.8. The van der Waals surface area contributed by atoms with Crippen LogP contribution in [0.15, 0.2) is 91.0 Å². The summed E-state index contributed by atoms with van der Waals surface area (Å²) < 4.78 is 0. The van der Waals surface area contributed by atoms with Gasteiger partial charge in [-0.3, -0.25) is 14.4 Å². The molecular weight excluding hydrogens is 432 g/mol. The van der Waals surface area contributed by atoms with Gasteiger partial charge in [0, 0.05) is 5.39 Å². The van der Waals surface area contributed by atoms with Crippen LogP contribution in [0.3, 0.4) is 0 Å². The fourth-order valence-corrected chi connectivity index (χ4v) is 4.92. The number of para-hydroxylation sites is 1. The topological polar surface area (TPSA) is 90.3 Å². The first-order valence-electron chi connectivity index (χ1n) is 10.9. The van der Waals surface area contributed by atoms with Crippen LogP contribution in [0.5, 0.6) is 11.5 Å². The molecule has 168 valence electrons. The number of benzene rings is 4. The molecule has 2 amide bonds. The maximum Gasteiger partial charge on any atom is 0.266 e. The minimum atomic E-state index is -1.02. The lowest BCUT2D eigenvalue weighted by Crippen LogP contribution is -2.37. The van der Waals surface area contributed by atoms with E-state index < -0.39 is 24.0 Å². The lowest BCUT2D eigenvalue weighted by atomic mass is 9.90. The van der Waals surface area contributed by atoms with Gasteiger partial charge in [-0.15, -0.1) is 0 Å². The third-order valence-electron chi connectivity index (χ3n) is 6.47. The molecule has 2 saturated heterocycles. The zero-order valence-corrected chi connectivity index (χ0v) is 17.9. The summed E-state index contributed by atoms with van der Waals surface area (Å²) in [7, 11) is 0. The standard InChI is InChI=1S/C27H20N2O5/c30-21-14-13-17(15-22(21)31)24-23-25(34-29(24)18-9-2-1-3-10-18)27(33)28(26(23)32)20-12-6-8-16-7-4-5-11-19(16)20/h1-15,23-25,30-31H/t23-,24+,25-/m0/s1. The van der Waals surface area contributed by atoms with E-state index in [1.165, 1.54) is 17.0 Å². The van der Waals surface area contributed by atoms with Crippen LogP contribution in [0.4, 0.5) is 11.4 Å². The number of imide groups is 1. The number of phenolic OH excluding ortho intramolecular Hbond substituents is 2. The highest BCUT2D eigenvalue weighted by atomic mass is 16.7. The van der Waals surface area contributed by atoms with Gasteiger partial charge in [-0.05, 0) is 41.3 Å². The molecule has 0 unspecified atom stereocenters. The molecule has 4 aromatic carbocycles. The lowest BCUT2D eigenvalue weighted by molar-refractivity contribution is -0.126. The lowest BCUT2D eigenvalue weighted by Gasteiger charge is -2.29. The summed E-state index contributed by atoms with van der Waals surface area (Å²) in [5.74, 6) is -2.22. The summed E-state index contributed by atoms with van der Waals surface area (Å²) in [5.41, 5.74) is 1.74. The molecule has 0 bridgehead atoms. The third kappa shape index (κ3) is 2.94. The summed E-state index contributed by atoms with van der Waals surface area (Å²) >= 11 is 0. The monoisotopic (exact) mass is 452 g/mol. The number of aromatic hydroxyl groups is 2. The summed E-state index contributed by atoms with van der Waals surface area (Å²) in [5, 5.41) is 23.2. The predicted octanol–water partition coefficient (Wildman–Crippen LogP) is 4.30. The minimum absolute atomic E-state index is 0.267. The van der Waals surface area contributed by atoms with E-state index in [0.29, 0.717) is 16.9 Å².